The molecule has 0 saturated carbocycles. The summed E-state index contributed by atoms with van der Waals surface area (Å²) in [6, 6.07) is 1.79. The number of aryl methyl sites for hydroxylation is 2. The van der Waals surface area contributed by atoms with Gasteiger partial charge in [-0.2, -0.15) is 5.10 Å². The molecule has 1 heterocycles. The smallest absolute Gasteiger partial charge is 0.332 e. The summed E-state index contributed by atoms with van der Waals surface area (Å²) >= 11 is 0. The zero-order chi connectivity index (χ0) is 10.7. The van der Waals surface area contributed by atoms with E-state index in [1.165, 1.54) is 0 Å². The van der Waals surface area contributed by atoms with Gasteiger partial charge in [0.2, 0.25) is 0 Å². The summed E-state index contributed by atoms with van der Waals surface area (Å²) in [7, 11) is 0. The van der Waals surface area contributed by atoms with Crippen LogP contribution in [0.1, 0.15) is 18.3 Å². The third-order valence-corrected chi connectivity index (χ3v) is 1.97. The fourth-order valence-electron chi connectivity index (χ4n) is 1.32. The molecule has 5 nitrogen and oxygen atoms in total. The van der Waals surface area contributed by atoms with Gasteiger partial charge in [0.1, 0.15) is 0 Å². The van der Waals surface area contributed by atoms with Gasteiger partial charge in [0.15, 0.2) is 6.10 Å². The molecule has 0 saturated heterocycles. The number of aliphatic hydroxyl groups excluding tert-OH is 1. The Morgan fingerprint density at radius 2 is 2.36 bits per heavy atom. The first-order chi connectivity index (χ1) is 6.54. The molecule has 0 amide bonds. The highest BCUT2D eigenvalue weighted by Crippen LogP contribution is 2.07. The van der Waals surface area contributed by atoms with Crippen LogP contribution in [0, 0.1) is 6.92 Å². The topological polar surface area (TPSA) is 75.3 Å². The van der Waals surface area contributed by atoms with Gasteiger partial charge in [-0.3, -0.25) is 4.68 Å². The van der Waals surface area contributed by atoms with E-state index in [1.54, 1.807) is 10.7 Å². The summed E-state index contributed by atoms with van der Waals surface area (Å²) in [6.45, 7) is 4.43. The SMILES string of the molecule is CCn1nc(C)cc1CC(O)C(=O)O. The third-order valence-electron chi connectivity index (χ3n) is 1.97. The Morgan fingerprint density at radius 3 is 2.86 bits per heavy atom. The fourth-order valence-corrected chi connectivity index (χ4v) is 1.32. The quantitative estimate of drug-likeness (QED) is 0.724. The summed E-state index contributed by atoms with van der Waals surface area (Å²) in [5.41, 5.74) is 1.58. The Hall–Kier alpha value is -1.36. The standard InChI is InChI=1S/C9H14N2O3/c1-3-11-7(4-6(2)10-11)5-8(12)9(13)14/h4,8,12H,3,5H2,1-2H3,(H,13,14). The van der Waals surface area contributed by atoms with Crippen molar-refractivity contribution in [1.82, 2.24) is 9.78 Å². The Labute approximate surface area is 82.0 Å². The number of aliphatic hydroxyl groups is 1. The molecule has 0 aliphatic heterocycles. The molecule has 0 aliphatic rings. The monoisotopic (exact) mass is 198 g/mol. The van der Waals surface area contributed by atoms with Crippen molar-refractivity contribution in [3.8, 4) is 0 Å². The first kappa shape index (κ1) is 10.7. The fraction of sp³-hybridized carbons (Fsp3) is 0.556. The molecule has 0 fully saturated rings. The molecule has 14 heavy (non-hydrogen) atoms. The van der Waals surface area contributed by atoms with Gasteiger partial charge < -0.3 is 10.2 Å². The van der Waals surface area contributed by atoms with Crippen LogP contribution in [-0.2, 0) is 17.8 Å². The van der Waals surface area contributed by atoms with Crippen molar-refractivity contribution in [3.05, 3.63) is 17.5 Å². The van der Waals surface area contributed by atoms with E-state index in [4.69, 9.17) is 10.2 Å². The van der Waals surface area contributed by atoms with Gasteiger partial charge in [0, 0.05) is 18.7 Å². The van der Waals surface area contributed by atoms with Gasteiger partial charge in [0.25, 0.3) is 0 Å². The molecule has 1 aromatic heterocycles. The van der Waals surface area contributed by atoms with Gasteiger partial charge in [-0.1, -0.05) is 0 Å². The van der Waals surface area contributed by atoms with Crippen LogP contribution in [0.25, 0.3) is 0 Å². The molecular weight excluding hydrogens is 184 g/mol. The minimum absolute atomic E-state index is 0.101. The van der Waals surface area contributed by atoms with E-state index in [2.05, 4.69) is 5.10 Å². The van der Waals surface area contributed by atoms with Crippen LogP contribution in [0.5, 0.6) is 0 Å². The normalized spacial score (nSPS) is 12.8. The van der Waals surface area contributed by atoms with E-state index >= 15 is 0 Å². The second kappa shape index (κ2) is 4.23. The van der Waals surface area contributed by atoms with Crippen molar-refractivity contribution in [2.45, 2.75) is 32.9 Å². The molecule has 0 radical (unpaired) electrons. The van der Waals surface area contributed by atoms with Crippen molar-refractivity contribution in [2.75, 3.05) is 0 Å². The molecule has 78 valence electrons. The molecule has 1 atom stereocenters. The average Bonchev–Trinajstić information content (AvgIpc) is 2.45. The molecule has 2 N–H and O–H groups in total. The van der Waals surface area contributed by atoms with Gasteiger partial charge >= 0.3 is 5.97 Å². The molecule has 1 aromatic rings. The van der Waals surface area contributed by atoms with Crippen molar-refractivity contribution in [2.24, 2.45) is 0 Å². The Morgan fingerprint density at radius 1 is 1.71 bits per heavy atom. The predicted molar refractivity (Wildman–Crippen MR) is 50.0 cm³/mol. The molecule has 5 heteroatoms. The van der Waals surface area contributed by atoms with Crippen molar-refractivity contribution in [1.29, 1.82) is 0 Å². The summed E-state index contributed by atoms with van der Waals surface area (Å²) in [6.07, 6.45) is -1.25. The number of nitrogens with zero attached hydrogens (tertiary/aromatic N) is 2. The summed E-state index contributed by atoms with van der Waals surface area (Å²) in [5, 5.41) is 21.9. The first-order valence-corrected chi connectivity index (χ1v) is 4.48. The van der Waals surface area contributed by atoms with E-state index in [9.17, 15) is 4.79 Å². The van der Waals surface area contributed by atoms with E-state index in [0.717, 1.165) is 11.4 Å². The highest BCUT2D eigenvalue weighted by atomic mass is 16.4. The molecule has 0 bridgehead atoms. The lowest BCUT2D eigenvalue weighted by Crippen LogP contribution is -2.23. The number of rotatable bonds is 4. The number of carbonyl (C=O) groups is 1. The second-order valence-corrected chi connectivity index (χ2v) is 3.15. The minimum atomic E-state index is -1.35. The van der Waals surface area contributed by atoms with Crippen LogP contribution in [0.15, 0.2) is 6.07 Å². The minimum Gasteiger partial charge on any atom is -0.479 e. The maximum Gasteiger partial charge on any atom is 0.332 e. The van der Waals surface area contributed by atoms with Crippen molar-refractivity contribution >= 4 is 5.97 Å². The summed E-state index contributed by atoms with van der Waals surface area (Å²) in [4.78, 5) is 10.4. The predicted octanol–water partition coefficient (Wildman–Crippen LogP) is 0.199. The van der Waals surface area contributed by atoms with Gasteiger partial charge in [-0.25, -0.2) is 4.79 Å². The highest BCUT2D eigenvalue weighted by Gasteiger charge is 2.16. The molecule has 1 rings (SSSR count). The summed E-state index contributed by atoms with van der Waals surface area (Å²) in [5.74, 6) is -1.20. The number of carboxylic acid groups (broad SMARTS) is 1. The lowest BCUT2D eigenvalue weighted by molar-refractivity contribution is -0.146. The van der Waals surface area contributed by atoms with Gasteiger partial charge in [-0.15, -0.1) is 0 Å². The second-order valence-electron chi connectivity index (χ2n) is 3.15. The zero-order valence-corrected chi connectivity index (χ0v) is 8.27. The number of carboxylic acids is 1. The zero-order valence-electron chi connectivity index (χ0n) is 8.27. The Balaban J connectivity index is 2.79. The van der Waals surface area contributed by atoms with Crippen molar-refractivity contribution in [3.63, 3.8) is 0 Å². The van der Waals surface area contributed by atoms with Crippen molar-refractivity contribution < 1.29 is 15.0 Å². The van der Waals surface area contributed by atoms with E-state index < -0.39 is 12.1 Å². The largest absolute Gasteiger partial charge is 0.479 e. The molecule has 0 aliphatic carbocycles. The van der Waals surface area contributed by atoms with Crippen LogP contribution in [-0.4, -0.2) is 32.1 Å². The van der Waals surface area contributed by atoms with E-state index in [1.807, 2.05) is 13.8 Å². The lowest BCUT2D eigenvalue weighted by atomic mass is 10.2. The van der Waals surface area contributed by atoms with E-state index in [-0.39, 0.29) is 6.42 Å². The van der Waals surface area contributed by atoms with Gasteiger partial charge in [-0.05, 0) is 19.9 Å². The Kier molecular flexibility index (Phi) is 3.24. The Bertz CT molecular complexity index is 333. The average molecular weight is 198 g/mol. The molecule has 1 unspecified atom stereocenters. The molecule has 0 aromatic carbocycles. The number of aromatic nitrogens is 2. The van der Waals surface area contributed by atoms with Crippen LogP contribution in [0.2, 0.25) is 0 Å². The molecular formula is C9H14N2O3. The van der Waals surface area contributed by atoms with Crippen LogP contribution in [0.3, 0.4) is 0 Å². The molecule has 0 spiro atoms. The van der Waals surface area contributed by atoms with Gasteiger partial charge in [0.05, 0.1) is 5.69 Å². The van der Waals surface area contributed by atoms with Crippen LogP contribution >= 0.6 is 0 Å². The maximum atomic E-state index is 10.4. The van der Waals surface area contributed by atoms with Crippen LogP contribution < -0.4 is 0 Å². The third kappa shape index (κ3) is 2.32. The lowest BCUT2D eigenvalue weighted by Gasteiger charge is -2.06. The number of aliphatic carboxylic acids is 1. The summed E-state index contributed by atoms with van der Waals surface area (Å²) < 4.78 is 1.70. The number of hydrogen-bond acceptors (Lipinski definition) is 3. The first-order valence-electron chi connectivity index (χ1n) is 4.48. The highest BCUT2D eigenvalue weighted by molar-refractivity contribution is 5.72. The van der Waals surface area contributed by atoms with E-state index in [0.29, 0.717) is 6.54 Å². The maximum absolute atomic E-state index is 10.4. The number of hydrogen-bond donors (Lipinski definition) is 2. The van der Waals surface area contributed by atoms with Crippen LogP contribution in [0.4, 0.5) is 0 Å².